The summed E-state index contributed by atoms with van der Waals surface area (Å²) in [5.74, 6) is 1.74. The molecule has 3 rings (SSSR count). The minimum absolute atomic E-state index is 0.0404. The molecule has 3 aliphatic rings. The molecule has 1 aliphatic heterocycles. The molecule has 3 unspecified atom stereocenters. The van der Waals surface area contributed by atoms with Crippen molar-refractivity contribution < 1.29 is 9.53 Å². The lowest BCUT2D eigenvalue weighted by atomic mass is 9.58. The lowest BCUT2D eigenvalue weighted by molar-refractivity contribution is -0.137. The Morgan fingerprint density at radius 3 is 2.80 bits per heavy atom. The Labute approximate surface area is 91.4 Å². The molecule has 84 valence electrons. The second-order valence-corrected chi connectivity index (χ2v) is 6.15. The van der Waals surface area contributed by atoms with E-state index in [0.29, 0.717) is 18.4 Å². The summed E-state index contributed by atoms with van der Waals surface area (Å²) in [5.41, 5.74) is 0.603. The van der Waals surface area contributed by atoms with Gasteiger partial charge in [0.2, 0.25) is 0 Å². The molecule has 1 heterocycles. The molecule has 1 saturated heterocycles. The zero-order valence-corrected chi connectivity index (χ0v) is 9.71. The Morgan fingerprint density at radius 1 is 1.47 bits per heavy atom. The van der Waals surface area contributed by atoms with Crippen LogP contribution < -0.4 is 0 Å². The first kappa shape index (κ1) is 9.68. The average Bonchev–Trinajstić information content (AvgIpc) is 2.77. The zero-order valence-electron chi connectivity index (χ0n) is 9.71. The van der Waals surface area contributed by atoms with Crippen LogP contribution in [0, 0.1) is 22.7 Å². The first-order chi connectivity index (χ1) is 7.10. The van der Waals surface area contributed by atoms with Crippen molar-refractivity contribution >= 4 is 5.97 Å². The molecule has 0 radical (unpaired) electrons. The first-order valence-corrected chi connectivity index (χ1v) is 6.25. The number of carbonyl (C=O) groups is 1. The molecule has 0 aromatic carbocycles. The van der Waals surface area contributed by atoms with Crippen LogP contribution in [0.3, 0.4) is 0 Å². The Kier molecular flexibility index (Phi) is 1.79. The van der Waals surface area contributed by atoms with Gasteiger partial charge in [0, 0.05) is 5.41 Å². The van der Waals surface area contributed by atoms with E-state index in [2.05, 4.69) is 13.8 Å². The molecule has 2 aliphatic carbocycles. The maximum absolute atomic E-state index is 11.4. The average molecular weight is 208 g/mol. The van der Waals surface area contributed by atoms with Gasteiger partial charge in [-0.2, -0.15) is 0 Å². The lowest BCUT2D eigenvalue weighted by Gasteiger charge is -2.45. The molecular weight excluding hydrogens is 188 g/mol. The van der Waals surface area contributed by atoms with E-state index in [1.807, 2.05) is 0 Å². The van der Waals surface area contributed by atoms with Gasteiger partial charge in [0.15, 0.2) is 0 Å². The molecule has 0 N–H and O–H groups in total. The molecule has 0 aromatic heterocycles. The van der Waals surface area contributed by atoms with Gasteiger partial charge < -0.3 is 4.74 Å². The fourth-order valence-corrected chi connectivity index (χ4v) is 4.81. The minimum Gasteiger partial charge on any atom is -0.465 e. The highest BCUT2D eigenvalue weighted by Gasteiger charge is 2.65. The Morgan fingerprint density at radius 2 is 2.27 bits per heavy atom. The molecule has 2 nitrogen and oxygen atoms in total. The summed E-state index contributed by atoms with van der Waals surface area (Å²) in [4.78, 5) is 11.4. The Bertz CT molecular complexity index is 312. The van der Waals surface area contributed by atoms with Gasteiger partial charge in [0.1, 0.15) is 0 Å². The van der Waals surface area contributed by atoms with Crippen LogP contribution in [0.15, 0.2) is 0 Å². The van der Waals surface area contributed by atoms with Crippen LogP contribution in [-0.4, -0.2) is 12.6 Å². The quantitative estimate of drug-likeness (QED) is 0.619. The Hall–Kier alpha value is -0.530. The van der Waals surface area contributed by atoms with Crippen molar-refractivity contribution in [2.24, 2.45) is 22.7 Å². The predicted molar refractivity (Wildman–Crippen MR) is 57.2 cm³/mol. The molecule has 1 spiro atoms. The van der Waals surface area contributed by atoms with E-state index < -0.39 is 0 Å². The zero-order chi connectivity index (χ0) is 10.7. The largest absolute Gasteiger partial charge is 0.465 e. The minimum atomic E-state index is 0.0404. The molecule has 3 fully saturated rings. The monoisotopic (exact) mass is 208 g/mol. The van der Waals surface area contributed by atoms with Crippen molar-refractivity contribution in [3.05, 3.63) is 0 Å². The number of rotatable bonds is 1. The fraction of sp³-hybridized carbons (Fsp3) is 0.923. The molecule has 2 bridgehead atoms. The van der Waals surface area contributed by atoms with Gasteiger partial charge in [-0.05, 0) is 36.5 Å². The fourth-order valence-electron chi connectivity index (χ4n) is 4.81. The number of esters is 1. The summed E-state index contributed by atoms with van der Waals surface area (Å²) in [5, 5.41) is 0. The van der Waals surface area contributed by atoms with Gasteiger partial charge in [0.25, 0.3) is 0 Å². The smallest absolute Gasteiger partial charge is 0.306 e. The van der Waals surface area contributed by atoms with Crippen LogP contribution in [-0.2, 0) is 9.53 Å². The van der Waals surface area contributed by atoms with E-state index in [0.717, 1.165) is 11.8 Å². The topological polar surface area (TPSA) is 26.3 Å². The van der Waals surface area contributed by atoms with E-state index in [1.165, 1.54) is 25.7 Å². The van der Waals surface area contributed by atoms with Crippen molar-refractivity contribution in [3.8, 4) is 0 Å². The first-order valence-electron chi connectivity index (χ1n) is 6.25. The van der Waals surface area contributed by atoms with E-state index in [1.54, 1.807) is 0 Å². The van der Waals surface area contributed by atoms with Crippen molar-refractivity contribution in [2.75, 3.05) is 6.61 Å². The van der Waals surface area contributed by atoms with Crippen molar-refractivity contribution in [3.63, 3.8) is 0 Å². The van der Waals surface area contributed by atoms with Crippen molar-refractivity contribution in [1.82, 2.24) is 0 Å². The van der Waals surface area contributed by atoms with Crippen LogP contribution in [0.5, 0.6) is 0 Å². The summed E-state index contributed by atoms with van der Waals surface area (Å²) < 4.78 is 5.26. The van der Waals surface area contributed by atoms with Crippen LogP contribution in [0.4, 0.5) is 0 Å². The van der Waals surface area contributed by atoms with Gasteiger partial charge in [0.05, 0.1) is 13.0 Å². The number of ether oxygens (including phenoxy) is 1. The number of carbonyl (C=O) groups excluding carboxylic acids is 1. The number of hydrogen-bond donors (Lipinski definition) is 0. The van der Waals surface area contributed by atoms with E-state index in [4.69, 9.17) is 4.74 Å². The number of cyclic esters (lactones) is 1. The van der Waals surface area contributed by atoms with Crippen molar-refractivity contribution in [2.45, 2.75) is 46.0 Å². The van der Waals surface area contributed by atoms with Crippen molar-refractivity contribution in [1.29, 1.82) is 0 Å². The SMILES string of the molecule is CCC1CC2CC3(COC(=O)C3)[C@@]1(C)C2. The normalized spacial score (nSPS) is 52.8. The van der Waals surface area contributed by atoms with Gasteiger partial charge >= 0.3 is 5.97 Å². The molecule has 0 amide bonds. The van der Waals surface area contributed by atoms with Gasteiger partial charge in [-0.25, -0.2) is 0 Å². The highest BCUT2D eigenvalue weighted by molar-refractivity contribution is 5.73. The summed E-state index contributed by atoms with van der Waals surface area (Å²) in [6, 6.07) is 0. The Balaban J connectivity index is 1.96. The number of fused-ring (bicyclic) bond motifs is 3. The van der Waals surface area contributed by atoms with E-state index in [-0.39, 0.29) is 11.4 Å². The summed E-state index contributed by atoms with van der Waals surface area (Å²) in [6.45, 7) is 5.41. The standard InChI is InChI=1S/C13H20O2/c1-3-10-4-9-5-12(10,2)13(6-9)7-11(14)15-8-13/h9-10H,3-8H2,1-2H3/t9?,10?,12-,13?/m0/s1. The molecular formula is C13H20O2. The highest BCUT2D eigenvalue weighted by atomic mass is 16.5. The second-order valence-electron chi connectivity index (χ2n) is 6.15. The van der Waals surface area contributed by atoms with Crippen LogP contribution in [0.1, 0.15) is 46.0 Å². The summed E-state index contributed by atoms with van der Waals surface area (Å²) in [7, 11) is 0. The third-order valence-corrected chi connectivity index (χ3v) is 5.61. The molecule has 2 heteroatoms. The molecule has 0 aromatic rings. The summed E-state index contributed by atoms with van der Waals surface area (Å²) in [6.07, 6.45) is 5.93. The van der Waals surface area contributed by atoms with E-state index >= 15 is 0 Å². The third kappa shape index (κ3) is 1.03. The van der Waals surface area contributed by atoms with Gasteiger partial charge in [-0.1, -0.05) is 20.3 Å². The van der Waals surface area contributed by atoms with Gasteiger partial charge in [-0.3, -0.25) is 4.79 Å². The maximum Gasteiger partial charge on any atom is 0.306 e. The maximum atomic E-state index is 11.4. The summed E-state index contributed by atoms with van der Waals surface area (Å²) >= 11 is 0. The molecule has 2 saturated carbocycles. The third-order valence-electron chi connectivity index (χ3n) is 5.61. The number of hydrogen-bond acceptors (Lipinski definition) is 2. The molecule has 15 heavy (non-hydrogen) atoms. The van der Waals surface area contributed by atoms with Crippen LogP contribution in [0.25, 0.3) is 0 Å². The van der Waals surface area contributed by atoms with Crippen LogP contribution in [0.2, 0.25) is 0 Å². The van der Waals surface area contributed by atoms with Gasteiger partial charge in [-0.15, -0.1) is 0 Å². The van der Waals surface area contributed by atoms with E-state index in [9.17, 15) is 4.79 Å². The lowest BCUT2D eigenvalue weighted by Crippen LogP contribution is -2.42. The second kappa shape index (κ2) is 2.78. The highest BCUT2D eigenvalue weighted by Crippen LogP contribution is 2.69. The van der Waals surface area contributed by atoms with Crippen LogP contribution >= 0.6 is 0 Å². The molecule has 4 atom stereocenters. The predicted octanol–water partition coefficient (Wildman–Crippen LogP) is 2.77.